The van der Waals surface area contributed by atoms with Crippen molar-refractivity contribution in [3.63, 3.8) is 0 Å². The zero-order chi connectivity index (χ0) is 28.2. The summed E-state index contributed by atoms with van der Waals surface area (Å²) >= 11 is 0. The largest absolute Gasteiger partial charge is 0.0616 e. The molecule has 0 atom stereocenters. The van der Waals surface area contributed by atoms with E-state index >= 15 is 0 Å². The lowest BCUT2D eigenvalue weighted by Gasteiger charge is -2.20. The topological polar surface area (TPSA) is 0 Å². The van der Waals surface area contributed by atoms with Crippen LogP contribution in [0.5, 0.6) is 0 Å². The second kappa shape index (κ2) is 9.72. The van der Waals surface area contributed by atoms with Gasteiger partial charge in [0.15, 0.2) is 0 Å². The summed E-state index contributed by atoms with van der Waals surface area (Å²) < 4.78 is 0. The molecule has 0 unspecified atom stereocenters. The molecule has 0 radical (unpaired) electrons. The van der Waals surface area contributed by atoms with Crippen LogP contribution in [0.15, 0.2) is 146 Å². The average molecular weight is 535 g/mol. The Bertz CT molecular complexity index is 2300. The van der Waals surface area contributed by atoms with Crippen LogP contribution in [-0.4, -0.2) is 0 Å². The first-order chi connectivity index (χ1) is 20.6. The van der Waals surface area contributed by atoms with Crippen LogP contribution < -0.4 is 0 Å². The third-order valence-electron chi connectivity index (χ3n) is 8.73. The average Bonchev–Trinajstić information content (AvgIpc) is 3.03. The van der Waals surface area contributed by atoms with Crippen LogP contribution in [0.3, 0.4) is 0 Å². The monoisotopic (exact) mass is 534 g/mol. The molecule has 8 aromatic rings. The molecular formula is C42H30. The van der Waals surface area contributed by atoms with Crippen molar-refractivity contribution in [1.29, 1.82) is 0 Å². The van der Waals surface area contributed by atoms with E-state index in [1.54, 1.807) is 0 Å². The fourth-order valence-corrected chi connectivity index (χ4v) is 6.58. The van der Waals surface area contributed by atoms with E-state index in [0.717, 1.165) is 0 Å². The number of aryl methyl sites for hydroxylation is 2. The summed E-state index contributed by atoms with van der Waals surface area (Å²) in [5.74, 6) is 0. The van der Waals surface area contributed by atoms with Crippen LogP contribution in [0.4, 0.5) is 0 Å². The van der Waals surface area contributed by atoms with Crippen molar-refractivity contribution in [3.05, 3.63) is 157 Å². The van der Waals surface area contributed by atoms with E-state index in [-0.39, 0.29) is 0 Å². The standard InChI is InChI=1S/C42H30/c1-27-11-14-31(15-12-27)34-20-22-38-40(26-34)42(36-19-17-30-8-4-6-10-33(30)25-36)37-21-13-28(2)23-39(37)41(38)35-18-16-29-7-3-5-9-32(29)24-35/h3-26H,1-2H3. The molecule has 0 bridgehead atoms. The molecule has 0 saturated heterocycles. The number of hydrogen-bond donors (Lipinski definition) is 0. The molecule has 8 aromatic carbocycles. The van der Waals surface area contributed by atoms with Crippen molar-refractivity contribution in [2.24, 2.45) is 0 Å². The minimum absolute atomic E-state index is 1.24. The number of rotatable bonds is 3. The quantitative estimate of drug-likeness (QED) is 0.198. The maximum Gasteiger partial charge on any atom is -0.00259 e. The van der Waals surface area contributed by atoms with Gasteiger partial charge >= 0.3 is 0 Å². The summed E-state index contributed by atoms with van der Waals surface area (Å²) in [6.07, 6.45) is 0. The van der Waals surface area contributed by atoms with Crippen molar-refractivity contribution >= 4 is 43.1 Å². The van der Waals surface area contributed by atoms with Gasteiger partial charge in [0.05, 0.1) is 0 Å². The molecule has 0 fully saturated rings. The molecule has 0 heterocycles. The first kappa shape index (κ1) is 24.6. The van der Waals surface area contributed by atoms with Gasteiger partial charge in [0.2, 0.25) is 0 Å². The second-order valence-electron chi connectivity index (χ2n) is 11.5. The van der Waals surface area contributed by atoms with E-state index in [4.69, 9.17) is 0 Å². The van der Waals surface area contributed by atoms with E-state index in [0.29, 0.717) is 0 Å². The Balaban J connectivity index is 1.52. The SMILES string of the molecule is Cc1ccc(-c2ccc3c(-c4ccc5ccccc5c4)c4cc(C)ccc4c(-c4ccc5ccccc5c4)c3c2)cc1. The molecule has 8 rings (SSSR count). The van der Waals surface area contributed by atoms with Crippen molar-refractivity contribution in [1.82, 2.24) is 0 Å². The molecule has 0 aliphatic carbocycles. The number of fused-ring (bicyclic) bond motifs is 4. The van der Waals surface area contributed by atoms with Crippen LogP contribution in [0.1, 0.15) is 11.1 Å². The zero-order valence-corrected chi connectivity index (χ0v) is 23.9. The van der Waals surface area contributed by atoms with Gasteiger partial charge in [-0.15, -0.1) is 0 Å². The molecule has 42 heavy (non-hydrogen) atoms. The van der Waals surface area contributed by atoms with Gasteiger partial charge in [-0.1, -0.05) is 139 Å². The highest BCUT2D eigenvalue weighted by atomic mass is 14.2. The first-order valence-electron chi connectivity index (χ1n) is 14.7. The van der Waals surface area contributed by atoms with E-state index < -0.39 is 0 Å². The molecule has 0 spiro atoms. The van der Waals surface area contributed by atoms with E-state index in [9.17, 15) is 0 Å². The summed E-state index contributed by atoms with van der Waals surface area (Å²) in [5.41, 5.74) is 10.1. The fraction of sp³-hybridized carbons (Fsp3) is 0.0476. The van der Waals surface area contributed by atoms with Gasteiger partial charge in [0.25, 0.3) is 0 Å². The highest BCUT2D eigenvalue weighted by Gasteiger charge is 2.18. The molecule has 0 heteroatoms. The minimum Gasteiger partial charge on any atom is -0.0616 e. The van der Waals surface area contributed by atoms with Crippen LogP contribution >= 0.6 is 0 Å². The predicted octanol–water partition coefficient (Wildman–Crippen LogP) is 11.9. The highest BCUT2D eigenvalue weighted by molar-refractivity contribution is 6.22. The minimum atomic E-state index is 1.24. The molecule has 0 saturated carbocycles. The second-order valence-corrected chi connectivity index (χ2v) is 11.5. The normalized spacial score (nSPS) is 11.6. The first-order valence-corrected chi connectivity index (χ1v) is 14.7. The maximum absolute atomic E-state index is 2.41. The Morgan fingerprint density at radius 3 is 1.33 bits per heavy atom. The van der Waals surface area contributed by atoms with E-state index in [1.165, 1.54) is 87.6 Å². The predicted molar refractivity (Wildman–Crippen MR) is 182 cm³/mol. The lowest BCUT2D eigenvalue weighted by atomic mass is 9.83. The van der Waals surface area contributed by atoms with Gasteiger partial charge in [0.1, 0.15) is 0 Å². The van der Waals surface area contributed by atoms with E-state index in [2.05, 4.69) is 159 Å². The Hall–Kier alpha value is -5.20. The Kier molecular flexibility index (Phi) is 5.69. The smallest absolute Gasteiger partial charge is 0.00259 e. The fourth-order valence-electron chi connectivity index (χ4n) is 6.58. The molecule has 0 amide bonds. The summed E-state index contributed by atoms with van der Waals surface area (Å²) in [6.45, 7) is 4.34. The molecule has 0 N–H and O–H groups in total. The Morgan fingerprint density at radius 2 is 0.738 bits per heavy atom. The summed E-state index contributed by atoms with van der Waals surface area (Å²) in [4.78, 5) is 0. The Morgan fingerprint density at radius 1 is 0.286 bits per heavy atom. The van der Waals surface area contributed by atoms with Crippen LogP contribution in [0.2, 0.25) is 0 Å². The van der Waals surface area contributed by atoms with E-state index in [1.807, 2.05) is 0 Å². The lowest BCUT2D eigenvalue weighted by Crippen LogP contribution is -1.93. The molecule has 0 aliphatic heterocycles. The van der Waals surface area contributed by atoms with Crippen molar-refractivity contribution in [2.75, 3.05) is 0 Å². The van der Waals surface area contributed by atoms with Gasteiger partial charge in [0, 0.05) is 0 Å². The van der Waals surface area contributed by atoms with Crippen LogP contribution in [0.25, 0.3) is 76.5 Å². The number of benzene rings is 8. The molecule has 198 valence electrons. The maximum atomic E-state index is 2.41. The summed E-state index contributed by atoms with van der Waals surface area (Å²) in [7, 11) is 0. The lowest BCUT2D eigenvalue weighted by molar-refractivity contribution is 1.47. The van der Waals surface area contributed by atoms with Crippen molar-refractivity contribution in [3.8, 4) is 33.4 Å². The van der Waals surface area contributed by atoms with Gasteiger partial charge in [-0.05, 0) is 109 Å². The summed E-state index contributed by atoms with van der Waals surface area (Å²) in [6, 6.07) is 54.0. The Labute approximate surface area is 246 Å². The molecule has 0 nitrogen and oxygen atoms in total. The summed E-state index contributed by atoms with van der Waals surface area (Å²) in [5, 5.41) is 10.2. The zero-order valence-electron chi connectivity index (χ0n) is 23.9. The van der Waals surface area contributed by atoms with Crippen LogP contribution in [0, 0.1) is 13.8 Å². The van der Waals surface area contributed by atoms with Crippen molar-refractivity contribution < 1.29 is 0 Å². The third-order valence-corrected chi connectivity index (χ3v) is 8.73. The van der Waals surface area contributed by atoms with Gasteiger partial charge in [-0.2, -0.15) is 0 Å². The van der Waals surface area contributed by atoms with Crippen molar-refractivity contribution in [2.45, 2.75) is 13.8 Å². The number of hydrogen-bond acceptors (Lipinski definition) is 0. The molecular weight excluding hydrogens is 504 g/mol. The molecule has 0 aromatic heterocycles. The van der Waals surface area contributed by atoms with Crippen LogP contribution in [-0.2, 0) is 0 Å². The van der Waals surface area contributed by atoms with Gasteiger partial charge in [-0.25, -0.2) is 0 Å². The molecule has 0 aliphatic rings. The van der Waals surface area contributed by atoms with Gasteiger partial charge in [-0.3, -0.25) is 0 Å². The highest BCUT2D eigenvalue weighted by Crippen LogP contribution is 2.46. The third kappa shape index (κ3) is 4.07. The van der Waals surface area contributed by atoms with Gasteiger partial charge < -0.3 is 0 Å².